The standard InChI is InChI=1S/C32H37N3O3/c1-4-33(5-2)31(36)26-20-34-17-10-18-35-27-19-22(32(37)38-3)15-16-24(27)28(21-11-7-6-8-12-21)30(35)25-14-9-13-23(26)29(25)34/h9,13-16,19-21H,4-8,10-12,17-18H2,1-3H3. The van der Waals surface area contributed by atoms with Crippen molar-refractivity contribution in [3.05, 3.63) is 59.3 Å². The molecular weight excluding hydrogens is 474 g/mol. The van der Waals surface area contributed by atoms with Gasteiger partial charge in [0.1, 0.15) is 0 Å². The number of ether oxygens (including phenoxy) is 1. The lowest BCUT2D eigenvalue weighted by atomic mass is 9.81. The number of nitrogens with zero attached hydrogens (tertiary/aromatic N) is 3. The largest absolute Gasteiger partial charge is 0.465 e. The number of hydrogen-bond donors (Lipinski definition) is 0. The van der Waals surface area contributed by atoms with Gasteiger partial charge in [-0.2, -0.15) is 0 Å². The predicted molar refractivity (Wildman–Crippen MR) is 152 cm³/mol. The van der Waals surface area contributed by atoms with Gasteiger partial charge in [-0.15, -0.1) is 0 Å². The van der Waals surface area contributed by atoms with Crippen molar-refractivity contribution in [3.63, 3.8) is 0 Å². The number of hydrogen-bond acceptors (Lipinski definition) is 3. The maximum Gasteiger partial charge on any atom is 0.337 e. The van der Waals surface area contributed by atoms with Crippen LogP contribution in [0.15, 0.2) is 42.6 Å². The summed E-state index contributed by atoms with van der Waals surface area (Å²) in [5, 5.41) is 2.28. The lowest BCUT2D eigenvalue weighted by molar-refractivity contribution is 0.0600. The summed E-state index contributed by atoms with van der Waals surface area (Å²) >= 11 is 0. The molecule has 0 spiro atoms. The molecule has 1 saturated carbocycles. The Morgan fingerprint density at radius 2 is 1.76 bits per heavy atom. The minimum absolute atomic E-state index is 0.103. The molecule has 2 aromatic heterocycles. The fourth-order valence-electron chi connectivity index (χ4n) is 6.93. The molecule has 2 aromatic carbocycles. The molecule has 6 rings (SSSR count). The lowest BCUT2D eigenvalue weighted by Crippen LogP contribution is -2.30. The zero-order valence-corrected chi connectivity index (χ0v) is 22.8. The van der Waals surface area contributed by atoms with Crippen LogP contribution < -0.4 is 0 Å². The van der Waals surface area contributed by atoms with E-state index in [9.17, 15) is 9.59 Å². The molecule has 0 bridgehead atoms. The zero-order valence-electron chi connectivity index (χ0n) is 22.8. The third-order valence-corrected chi connectivity index (χ3v) is 8.75. The summed E-state index contributed by atoms with van der Waals surface area (Å²) in [7, 11) is 1.44. The molecule has 6 heteroatoms. The van der Waals surface area contributed by atoms with Crippen molar-refractivity contribution in [2.24, 2.45) is 0 Å². The van der Waals surface area contributed by atoms with Crippen molar-refractivity contribution < 1.29 is 14.3 Å². The Balaban J connectivity index is 1.65. The zero-order chi connectivity index (χ0) is 26.4. The molecule has 4 aromatic rings. The summed E-state index contributed by atoms with van der Waals surface area (Å²) in [6.45, 7) is 7.17. The molecule has 3 heterocycles. The average molecular weight is 512 g/mol. The van der Waals surface area contributed by atoms with Crippen LogP contribution in [0.4, 0.5) is 0 Å². The molecule has 198 valence electrons. The fourth-order valence-corrected chi connectivity index (χ4v) is 6.93. The van der Waals surface area contributed by atoms with Gasteiger partial charge in [0, 0.05) is 54.2 Å². The molecule has 6 nitrogen and oxygen atoms in total. The number of amides is 1. The summed E-state index contributed by atoms with van der Waals surface area (Å²) in [5.41, 5.74) is 7.51. The summed E-state index contributed by atoms with van der Waals surface area (Å²) in [5.74, 6) is 0.287. The summed E-state index contributed by atoms with van der Waals surface area (Å²) in [6.07, 6.45) is 9.21. The Kier molecular flexibility index (Phi) is 6.50. The highest BCUT2D eigenvalue weighted by atomic mass is 16.5. The first kappa shape index (κ1) is 24.8. The lowest BCUT2D eigenvalue weighted by Gasteiger charge is -2.25. The second kappa shape index (κ2) is 9.97. The van der Waals surface area contributed by atoms with Crippen LogP contribution in [0.2, 0.25) is 0 Å². The summed E-state index contributed by atoms with van der Waals surface area (Å²) in [6, 6.07) is 12.5. The van der Waals surface area contributed by atoms with Crippen LogP contribution in [0.5, 0.6) is 0 Å². The number of carbonyl (C=O) groups excluding carboxylic acids is 2. The SMILES string of the molecule is CCN(CC)C(=O)c1cn2c3c(cccc13)-c1c(C3CCCCC3)c3ccc(C(=O)OC)cc3n1CCC2. The van der Waals surface area contributed by atoms with Gasteiger partial charge in [-0.1, -0.05) is 43.5 Å². The van der Waals surface area contributed by atoms with E-state index in [4.69, 9.17) is 4.74 Å². The number of para-hydroxylation sites is 1. The molecule has 1 fully saturated rings. The van der Waals surface area contributed by atoms with Gasteiger partial charge >= 0.3 is 5.97 Å². The maximum absolute atomic E-state index is 13.5. The first-order valence-corrected chi connectivity index (χ1v) is 14.2. The molecular formula is C32H37N3O3. The third-order valence-electron chi connectivity index (χ3n) is 8.75. The number of aryl methyl sites for hydroxylation is 2. The highest BCUT2D eigenvalue weighted by molar-refractivity contribution is 6.11. The number of benzene rings is 2. The molecule has 0 atom stereocenters. The molecule has 1 aliphatic heterocycles. The van der Waals surface area contributed by atoms with E-state index in [0.29, 0.717) is 24.6 Å². The van der Waals surface area contributed by atoms with E-state index in [0.717, 1.165) is 41.5 Å². The van der Waals surface area contributed by atoms with Crippen LogP contribution >= 0.6 is 0 Å². The molecule has 1 amide bonds. The van der Waals surface area contributed by atoms with Crippen molar-refractivity contribution in [3.8, 4) is 11.3 Å². The third kappa shape index (κ3) is 3.84. The van der Waals surface area contributed by atoms with Crippen LogP contribution in [-0.4, -0.2) is 46.1 Å². The summed E-state index contributed by atoms with van der Waals surface area (Å²) < 4.78 is 9.83. The van der Waals surface area contributed by atoms with Gasteiger partial charge in [-0.05, 0) is 56.7 Å². The highest BCUT2D eigenvalue weighted by Gasteiger charge is 2.30. The van der Waals surface area contributed by atoms with E-state index in [1.165, 1.54) is 61.4 Å². The van der Waals surface area contributed by atoms with Gasteiger partial charge in [0.25, 0.3) is 5.91 Å². The van der Waals surface area contributed by atoms with Crippen LogP contribution in [0, 0.1) is 0 Å². The Morgan fingerprint density at radius 3 is 2.50 bits per heavy atom. The Morgan fingerprint density at radius 1 is 0.974 bits per heavy atom. The Bertz CT molecular complexity index is 1530. The minimum Gasteiger partial charge on any atom is -0.465 e. The van der Waals surface area contributed by atoms with Crippen LogP contribution in [0.25, 0.3) is 33.1 Å². The molecule has 0 saturated heterocycles. The Labute approximate surface area is 224 Å². The fraction of sp³-hybridized carbons (Fsp3) is 0.438. The van der Waals surface area contributed by atoms with Crippen LogP contribution in [0.3, 0.4) is 0 Å². The van der Waals surface area contributed by atoms with Gasteiger partial charge < -0.3 is 18.8 Å². The normalized spacial score (nSPS) is 15.8. The van der Waals surface area contributed by atoms with Crippen molar-refractivity contribution >= 4 is 33.7 Å². The molecule has 0 radical (unpaired) electrons. The number of carbonyl (C=O) groups is 2. The van der Waals surface area contributed by atoms with E-state index in [1.54, 1.807) is 0 Å². The van der Waals surface area contributed by atoms with Crippen molar-refractivity contribution in [2.75, 3.05) is 20.2 Å². The Hall–Kier alpha value is -3.54. The number of methoxy groups -OCH3 is 1. The monoisotopic (exact) mass is 511 g/mol. The van der Waals surface area contributed by atoms with E-state index in [1.807, 2.05) is 30.9 Å². The van der Waals surface area contributed by atoms with Gasteiger partial charge in [-0.3, -0.25) is 4.79 Å². The molecule has 0 N–H and O–H groups in total. The first-order chi connectivity index (χ1) is 18.6. The number of rotatable bonds is 5. The molecule has 0 unspecified atom stereocenters. The quantitative estimate of drug-likeness (QED) is 0.272. The van der Waals surface area contributed by atoms with Crippen molar-refractivity contribution in [1.29, 1.82) is 0 Å². The number of aromatic nitrogens is 2. The van der Waals surface area contributed by atoms with Crippen molar-refractivity contribution in [1.82, 2.24) is 14.0 Å². The first-order valence-electron chi connectivity index (χ1n) is 14.2. The van der Waals surface area contributed by atoms with Gasteiger partial charge in [0.2, 0.25) is 0 Å². The maximum atomic E-state index is 13.5. The number of fused-ring (bicyclic) bond motifs is 4. The smallest absolute Gasteiger partial charge is 0.337 e. The van der Waals surface area contributed by atoms with Gasteiger partial charge in [0.15, 0.2) is 0 Å². The van der Waals surface area contributed by atoms with E-state index in [-0.39, 0.29) is 11.9 Å². The van der Waals surface area contributed by atoms with E-state index in [2.05, 4.69) is 39.6 Å². The highest BCUT2D eigenvalue weighted by Crippen LogP contribution is 2.47. The molecule has 38 heavy (non-hydrogen) atoms. The molecule has 1 aliphatic carbocycles. The van der Waals surface area contributed by atoms with Crippen molar-refractivity contribution in [2.45, 2.75) is 71.4 Å². The van der Waals surface area contributed by atoms with Crippen LogP contribution in [0.1, 0.15) is 84.6 Å². The topological polar surface area (TPSA) is 56.5 Å². The van der Waals surface area contributed by atoms with E-state index >= 15 is 0 Å². The number of esters is 1. The second-order valence-electron chi connectivity index (χ2n) is 10.7. The van der Waals surface area contributed by atoms with Gasteiger partial charge in [0.05, 0.1) is 29.4 Å². The average Bonchev–Trinajstić information content (AvgIpc) is 3.48. The van der Waals surface area contributed by atoms with E-state index < -0.39 is 0 Å². The van der Waals surface area contributed by atoms with Crippen LogP contribution in [-0.2, 0) is 17.8 Å². The van der Waals surface area contributed by atoms with Gasteiger partial charge in [-0.25, -0.2) is 4.79 Å². The molecule has 2 aliphatic rings. The second-order valence-corrected chi connectivity index (χ2v) is 10.7. The minimum atomic E-state index is -0.303. The predicted octanol–water partition coefficient (Wildman–Crippen LogP) is 6.98. The summed E-state index contributed by atoms with van der Waals surface area (Å²) in [4.78, 5) is 27.9.